The van der Waals surface area contributed by atoms with Crippen molar-refractivity contribution in [3.05, 3.63) is 33.9 Å². The summed E-state index contributed by atoms with van der Waals surface area (Å²) >= 11 is 6.22. The smallest absolute Gasteiger partial charge is 0.430 e. The van der Waals surface area contributed by atoms with E-state index in [2.05, 4.69) is 20.8 Å². The quantitative estimate of drug-likeness (QED) is 0.132. The molecule has 1 unspecified atom stereocenters. The second kappa shape index (κ2) is 16.4. The number of carboxylic acid groups (broad SMARTS) is 1. The number of fused-ring (bicyclic) bond motifs is 1. The zero-order chi connectivity index (χ0) is 28.8. The van der Waals surface area contributed by atoms with E-state index in [0.717, 1.165) is 31.9 Å². The second-order valence-electron chi connectivity index (χ2n) is 8.78. The lowest BCUT2D eigenvalue weighted by atomic mass is 9.85. The fourth-order valence-electron chi connectivity index (χ4n) is 3.13. The van der Waals surface area contributed by atoms with E-state index in [-0.39, 0.29) is 11.3 Å². The van der Waals surface area contributed by atoms with Crippen LogP contribution in [0.5, 0.6) is 5.75 Å². The number of hydrogen-bond donors (Lipinski definition) is 5. The summed E-state index contributed by atoms with van der Waals surface area (Å²) in [5.74, 6) is 5.02. The van der Waals surface area contributed by atoms with Gasteiger partial charge in [0.25, 0.3) is 0 Å². The highest BCUT2D eigenvalue weighted by Gasteiger charge is 2.49. The van der Waals surface area contributed by atoms with Crippen LogP contribution in [0, 0.1) is 0 Å². The highest BCUT2D eigenvalue weighted by atomic mass is 35.5. The number of quaternary nitrogens is 1. The van der Waals surface area contributed by atoms with E-state index in [1.165, 1.54) is 12.1 Å². The normalized spacial score (nSPS) is 14.6. The molecular formula is C23H36ClF3N3O7+. The zero-order valence-corrected chi connectivity index (χ0v) is 22.0. The molecule has 0 radical (unpaired) electrons. The molecule has 1 aliphatic heterocycles. The number of nitrogens with one attached hydrogen (secondary N) is 1. The Morgan fingerprint density at radius 3 is 2.30 bits per heavy atom. The van der Waals surface area contributed by atoms with Gasteiger partial charge < -0.3 is 19.9 Å². The number of carboxylic acids is 1. The lowest BCUT2D eigenvalue weighted by Crippen LogP contribution is -2.42. The van der Waals surface area contributed by atoms with E-state index >= 15 is 0 Å². The van der Waals surface area contributed by atoms with Crippen molar-refractivity contribution in [1.82, 2.24) is 5.32 Å². The van der Waals surface area contributed by atoms with E-state index in [4.69, 9.17) is 32.5 Å². The largest absolute Gasteiger partial charge is 0.481 e. The summed E-state index contributed by atoms with van der Waals surface area (Å²) in [7, 11) is 1.90. The van der Waals surface area contributed by atoms with Gasteiger partial charge in [-0.1, -0.05) is 38.8 Å². The summed E-state index contributed by atoms with van der Waals surface area (Å²) in [6.07, 6.45) is -3.03. The molecule has 0 fully saturated rings. The van der Waals surface area contributed by atoms with Gasteiger partial charge in [0.05, 0.1) is 5.57 Å². The number of nitrogens with two attached hydrogens (primary N) is 1. The zero-order valence-electron chi connectivity index (χ0n) is 21.3. The van der Waals surface area contributed by atoms with Crippen LogP contribution >= 0.6 is 11.6 Å². The lowest BCUT2D eigenvalue weighted by molar-refractivity contribution is -0.670. The minimum atomic E-state index is -4.81. The predicted octanol–water partition coefficient (Wildman–Crippen LogP) is 3.20. The molecule has 0 aliphatic carbocycles. The van der Waals surface area contributed by atoms with Gasteiger partial charge in [0, 0.05) is 17.0 Å². The van der Waals surface area contributed by atoms with Gasteiger partial charge >= 0.3 is 18.1 Å². The molecule has 1 aromatic rings. The van der Waals surface area contributed by atoms with E-state index in [0.29, 0.717) is 17.0 Å². The second-order valence-corrected chi connectivity index (χ2v) is 9.19. The number of esters is 1. The molecular weight excluding hydrogens is 523 g/mol. The van der Waals surface area contributed by atoms with Gasteiger partial charge in [0.2, 0.25) is 12.9 Å². The minimum Gasteiger partial charge on any atom is -0.481 e. The molecule has 0 spiro atoms. The highest BCUT2D eigenvalue weighted by Crippen LogP contribution is 2.42. The first kappa shape index (κ1) is 34.6. The Balaban J connectivity index is 0.000000910. The fourth-order valence-corrected chi connectivity index (χ4v) is 3.58. The Bertz CT molecular complexity index is 907. The van der Waals surface area contributed by atoms with Crippen LogP contribution in [0.3, 0.4) is 0 Å². The monoisotopic (exact) mass is 558 g/mol. The van der Waals surface area contributed by atoms with Crippen LogP contribution in [-0.2, 0) is 24.6 Å². The number of rotatable bonds is 9. The molecule has 1 heterocycles. The van der Waals surface area contributed by atoms with Gasteiger partial charge in [-0.25, -0.2) is 21.8 Å². The van der Waals surface area contributed by atoms with Gasteiger partial charge in [-0.2, -0.15) is 13.2 Å². The summed E-state index contributed by atoms with van der Waals surface area (Å²) in [6.45, 7) is 5.92. The van der Waals surface area contributed by atoms with Crippen molar-refractivity contribution < 1.29 is 53.3 Å². The van der Waals surface area contributed by atoms with Crippen LogP contribution in [0.1, 0.15) is 57.6 Å². The van der Waals surface area contributed by atoms with Gasteiger partial charge in [-0.05, 0) is 55.6 Å². The van der Waals surface area contributed by atoms with Crippen LogP contribution in [0.25, 0.3) is 6.08 Å². The van der Waals surface area contributed by atoms with Crippen molar-refractivity contribution in [3.63, 3.8) is 0 Å². The number of alkyl halides is 3. The van der Waals surface area contributed by atoms with E-state index in [1.807, 2.05) is 27.8 Å². The highest BCUT2D eigenvalue weighted by molar-refractivity contribution is 6.31. The molecule has 1 aliphatic rings. The van der Waals surface area contributed by atoms with Crippen molar-refractivity contribution >= 4 is 29.6 Å². The Hall–Kier alpha value is -2.42. The maximum atomic E-state index is 13.3. The first-order chi connectivity index (χ1) is 17.2. The lowest BCUT2D eigenvalue weighted by Gasteiger charge is -2.30. The van der Waals surface area contributed by atoms with Crippen molar-refractivity contribution in [2.75, 3.05) is 20.4 Å². The number of ether oxygens (including phenoxy) is 2. The number of unbranched alkanes of at least 4 members (excludes halogenated alkanes) is 2. The van der Waals surface area contributed by atoms with Gasteiger partial charge in [0.15, 0.2) is 0 Å². The molecule has 0 aromatic heterocycles. The number of aliphatic carboxylic acids is 1. The van der Waals surface area contributed by atoms with Crippen molar-refractivity contribution in [1.29, 1.82) is 0 Å². The summed E-state index contributed by atoms with van der Waals surface area (Å²) < 4.78 is 49.6. The topological polar surface area (TPSA) is 168 Å². The average molecular weight is 559 g/mol. The van der Waals surface area contributed by atoms with Crippen LogP contribution in [0.2, 0.25) is 5.02 Å². The van der Waals surface area contributed by atoms with Crippen molar-refractivity contribution in [3.8, 4) is 5.75 Å². The SMILES string of the molecule is CC(C)(C)c1cc2c(cc1Cl)C=C(C(=O)OCON)C(C(F)(F)F)O2.CNCCCCCC(=O)O.[NH3+]O. The number of hydrogen-bond acceptors (Lipinski definition) is 8. The Morgan fingerprint density at radius 1 is 1.19 bits per heavy atom. The third-order valence-electron chi connectivity index (χ3n) is 4.85. The Kier molecular flexibility index (Phi) is 15.4. The van der Waals surface area contributed by atoms with Crippen LogP contribution in [-0.4, -0.2) is 54.9 Å². The molecule has 212 valence electrons. The predicted molar refractivity (Wildman–Crippen MR) is 130 cm³/mol. The molecule has 0 saturated heterocycles. The molecule has 0 bridgehead atoms. The van der Waals surface area contributed by atoms with Crippen LogP contribution in [0.4, 0.5) is 13.2 Å². The molecule has 10 nitrogen and oxygen atoms in total. The Morgan fingerprint density at radius 2 is 1.81 bits per heavy atom. The van der Waals surface area contributed by atoms with E-state index < -0.39 is 42.0 Å². The van der Waals surface area contributed by atoms with Crippen molar-refractivity contribution in [2.45, 2.75) is 64.1 Å². The summed E-state index contributed by atoms with van der Waals surface area (Å²) in [5, 5.41) is 18.4. The van der Waals surface area contributed by atoms with E-state index in [9.17, 15) is 22.8 Å². The first-order valence-electron chi connectivity index (χ1n) is 11.2. The number of carbonyl (C=O) groups is 2. The molecule has 8 N–H and O–H groups in total. The van der Waals surface area contributed by atoms with Crippen LogP contribution < -0.4 is 21.8 Å². The summed E-state index contributed by atoms with van der Waals surface area (Å²) in [4.78, 5) is 26.0. The maximum absolute atomic E-state index is 13.3. The number of benzene rings is 1. The number of halogens is 4. The molecule has 1 aromatic carbocycles. The molecule has 2 rings (SSSR count). The van der Waals surface area contributed by atoms with E-state index in [1.54, 1.807) is 0 Å². The molecule has 14 heteroatoms. The molecule has 37 heavy (non-hydrogen) atoms. The number of carbonyl (C=O) groups excluding carboxylic acids is 1. The van der Waals surface area contributed by atoms with Crippen LogP contribution in [0.15, 0.2) is 17.7 Å². The molecule has 0 saturated carbocycles. The summed E-state index contributed by atoms with van der Waals surface area (Å²) in [6, 6.07) is 2.91. The average Bonchev–Trinajstić information content (AvgIpc) is 2.81. The summed E-state index contributed by atoms with van der Waals surface area (Å²) in [5.41, 5.74) is -0.231. The standard InChI is InChI=1S/C16H17ClF3NO4.C7H15NO2.H4NO/c1-15(2,3)10-6-12-8(5-11(10)17)4-9(14(22)23-7-24-21)13(25-12)16(18,19)20;1-8-6-4-2-3-5-7(9)10;1-2/h4-6,13H,7,21H2,1-3H3;8H,2-6H2,1H3,(H,9,10);2H,1H3/q;;+1. The molecule has 0 amide bonds. The van der Waals surface area contributed by atoms with Gasteiger partial charge in [-0.3, -0.25) is 9.63 Å². The van der Waals surface area contributed by atoms with Gasteiger partial charge in [-0.15, -0.1) is 0 Å². The first-order valence-corrected chi connectivity index (χ1v) is 11.6. The third-order valence-corrected chi connectivity index (χ3v) is 5.17. The van der Waals surface area contributed by atoms with Gasteiger partial charge in [0.1, 0.15) is 5.75 Å². The van der Waals surface area contributed by atoms with Crippen molar-refractivity contribution in [2.24, 2.45) is 5.90 Å². The Labute approximate surface area is 218 Å². The fraction of sp³-hybridized carbons (Fsp3) is 0.565. The molecule has 1 atom stereocenters. The maximum Gasteiger partial charge on any atom is 0.430 e. The minimum absolute atomic E-state index is 0.0109. The third kappa shape index (κ3) is 12.1.